The average Bonchev–Trinajstić information content (AvgIpc) is 2.27. The summed E-state index contributed by atoms with van der Waals surface area (Å²) >= 11 is 0. The van der Waals surface area contributed by atoms with Gasteiger partial charge in [-0.2, -0.15) is 0 Å². The summed E-state index contributed by atoms with van der Waals surface area (Å²) in [4.78, 5) is 16.2. The van der Waals surface area contributed by atoms with Gasteiger partial charge in [0, 0.05) is 38.3 Å². The fourth-order valence-corrected chi connectivity index (χ4v) is 2.45. The number of rotatable bonds is 6. The van der Waals surface area contributed by atoms with Crippen molar-refractivity contribution in [3.05, 3.63) is 25.3 Å². The summed E-state index contributed by atoms with van der Waals surface area (Å²) in [6, 6.07) is 0.877. The Morgan fingerprint density at radius 3 is 2.22 bits per heavy atom. The van der Waals surface area contributed by atoms with Crippen LogP contribution in [0.15, 0.2) is 25.3 Å². The second kappa shape index (κ2) is 7.34. The molecule has 0 aromatic heterocycles. The molecule has 1 amide bonds. The third kappa shape index (κ3) is 4.63. The van der Waals surface area contributed by atoms with Crippen LogP contribution in [0.2, 0.25) is 0 Å². The molecule has 1 aliphatic rings. The highest BCUT2D eigenvalue weighted by Crippen LogP contribution is 2.05. The van der Waals surface area contributed by atoms with E-state index in [4.69, 9.17) is 0 Å². The van der Waals surface area contributed by atoms with E-state index in [0.717, 1.165) is 13.1 Å². The van der Waals surface area contributed by atoms with Crippen LogP contribution >= 0.6 is 0 Å². The maximum Gasteiger partial charge on any atom is 0.237 e. The zero-order valence-corrected chi connectivity index (χ0v) is 11.6. The standard InChI is InChI=1S/C14H25N3O/c1-5-7-17(8-6-2)14(18)11-16-9-12(3)15-13(4)10-16/h5-6,12-13,15H,1-2,7-11H2,3-4H3. The molecule has 0 spiro atoms. The number of hydrogen-bond donors (Lipinski definition) is 1. The third-order valence-electron chi connectivity index (χ3n) is 3.04. The minimum Gasteiger partial charge on any atom is -0.334 e. The fraction of sp³-hybridized carbons (Fsp3) is 0.643. The summed E-state index contributed by atoms with van der Waals surface area (Å²) in [6.45, 7) is 15.2. The van der Waals surface area contributed by atoms with Crippen molar-refractivity contribution >= 4 is 5.91 Å². The molecule has 18 heavy (non-hydrogen) atoms. The van der Waals surface area contributed by atoms with Crippen LogP contribution < -0.4 is 5.32 Å². The molecule has 1 fully saturated rings. The predicted octanol–water partition coefficient (Wildman–Crippen LogP) is 0.869. The highest BCUT2D eigenvalue weighted by Gasteiger charge is 2.23. The van der Waals surface area contributed by atoms with E-state index in [1.807, 2.05) is 0 Å². The van der Waals surface area contributed by atoms with Crippen LogP contribution in [-0.4, -0.2) is 60.5 Å². The lowest BCUT2D eigenvalue weighted by molar-refractivity contribution is -0.131. The predicted molar refractivity (Wildman–Crippen MR) is 75.5 cm³/mol. The van der Waals surface area contributed by atoms with E-state index in [9.17, 15) is 4.79 Å². The van der Waals surface area contributed by atoms with Crippen LogP contribution in [0.5, 0.6) is 0 Å². The Bertz CT molecular complexity index is 283. The molecule has 4 nitrogen and oxygen atoms in total. The molecule has 1 rings (SSSR count). The molecule has 1 aliphatic heterocycles. The average molecular weight is 251 g/mol. The van der Waals surface area contributed by atoms with Crippen molar-refractivity contribution in [1.29, 1.82) is 0 Å². The summed E-state index contributed by atoms with van der Waals surface area (Å²) in [5.74, 6) is 0.149. The SMILES string of the molecule is C=CCN(CC=C)C(=O)CN1CC(C)NC(C)C1. The van der Waals surface area contributed by atoms with Crippen LogP contribution in [-0.2, 0) is 4.79 Å². The largest absolute Gasteiger partial charge is 0.334 e. The van der Waals surface area contributed by atoms with Crippen LogP contribution in [0, 0.1) is 0 Å². The summed E-state index contributed by atoms with van der Waals surface area (Å²) in [6.07, 6.45) is 3.51. The van der Waals surface area contributed by atoms with Gasteiger partial charge in [-0.1, -0.05) is 12.2 Å². The van der Waals surface area contributed by atoms with Gasteiger partial charge in [-0.25, -0.2) is 0 Å². The molecule has 0 radical (unpaired) electrons. The number of piperazine rings is 1. The molecule has 1 N–H and O–H groups in total. The number of hydrogen-bond acceptors (Lipinski definition) is 3. The minimum absolute atomic E-state index is 0.149. The zero-order valence-electron chi connectivity index (χ0n) is 11.6. The summed E-state index contributed by atoms with van der Waals surface area (Å²) in [5.41, 5.74) is 0. The molecule has 0 aromatic carbocycles. The fourth-order valence-electron chi connectivity index (χ4n) is 2.45. The third-order valence-corrected chi connectivity index (χ3v) is 3.04. The van der Waals surface area contributed by atoms with Crippen molar-refractivity contribution in [2.75, 3.05) is 32.7 Å². The van der Waals surface area contributed by atoms with Gasteiger partial charge in [0.1, 0.15) is 0 Å². The van der Waals surface area contributed by atoms with Gasteiger partial charge in [0.05, 0.1) is 6.54 Å². The minimum atomic E-state index is 0.149. The molecule has 4 heteroatoms. The Hall–Kier alpha value is -1.13. The summed E-state index contributed by atoms with van der Waals surface area (Å²) in [5, 5.41) is 3.46. The second-order valence-electron chi connectivity index (χ2n) is 5.04. The summed E-state index contributed by atoms with van der Waals surface area (Å²) in [7, 11) is 0. The van der Waals surface area contributed by atoms with E-state index in [1.54, 1.807) is 17.1 Å². The number of nitrogens with zero attached hydrogens (tertiary/aromatic N) is 2. The monoisotopic (exact) mass is 251 g/mol. The van der Waals surface area contributed by atoms with Crippen LogP contribution in [0.3, 0.4) is 0 Å². The molecule has 0 aliphatic carbocycles. The molecule has 102 valence electrons. The number of nitrogens with one attached hydrogen (secondary N) is 1. The first-order chi connectivity index (χ1) is 8.56. The van der Waals surface area contributed by atoms with Crippen molar-refractivity contribution in [2.45, 2.75) is 25.9 Å². The molecule has 0 aromatic rings. The Balaban J connectivity index is 2.50. The molecule has 2 unspecified atom stereocenters. The lowest BCUT2D eigenvalue weighted by atomic mass is 10.1. The normalized spacial score (nSPS) is 24.6. The van der Waals surface area contributed by atoms with Crippen molar-refractivity contribution in [3.8, 4) is 0 Å². The van der Waals surface area contributed by atoms with Gasteiger partial charge in [0.25, 0.3) is 0 Å². The van der Waals surface area contributed by atoms with Crippen molar-refractivity contribution in [3.63, 3.8) is 0 Å². The highest BCUT2D eigenvalue weighted by molar-refractivity contribution is 5.78. The van der Waals surface area contributed by atoms with Crippen molar-refractivity contribution in [2.24, 2.45) is 0 Å². The molecule has 0 saturated carbocycles. The van der Waals surface area contributed by atoms with E-state index in [2.05, 4.69) is 37.2 Å². The lowest BCUT2D eigenvalue weighted by Crippen LogP contribution is -2.56. The quantitative estimate of drug-likeness (QED) is 0.712. The van der Waals surface area contributed by atoms with Crippen LogP contribution in [0.1, 0.15) is 13.8 Å². The zero-order chi connectivity index (χ0) is 13.5. The number of amides is 1. The van der Waals surface area contributed by atoms with E-state index >= 15 is 0 Å². The summed E-state index contributed by atoms with van der Waals surface area (Å²) < 4.78 is 0. The van der Waals surface area contributed by atoms with E-state index < -0.39 is 0 Å². The first-order valence-electron chi connectivity index (χ1n) is 6.54. The van der Waals surface area contributed by atoms with Crippen LogP contribution in [0.4, 0.5) is 0 Å². The molecule has 0 bridgehead atoms. The van der Waals surface area contributed by atoms with Crippen molar-refractivity contribution < 1.29 is 4.79 Å². The first kappa shape index (κ1) is 14.9. The van der Waals surface area contributed by atoms with Crippen LogP contribution in [0.25, 0.3) is 0 Å². The lowest BCUT2D eigenvalue weighted by Gasteiger charge is -2.36. The van der Waals surface area contributed by atoms with Gasteiger partial charge >= 0.3 is 0 Å². The van der Waals surface area contributed by atoms with E-state index in [1.165, 1.54) is 0 Å². The topological polar surface area (TPSA) is 35.6 Å². The second-order valence-corrected chi connectivity index (χ2v) is 5.04. The maximum atomic E-state index is 12.2. The Kier molecular flexibility index (Phi) is 6.09. The Labute approximate surface area is 110 Å². The van der Waals surface area contributed by atoms with E-state index in [0.29, 0.717) is 31.7 Å². The van der Waals surface area contributed by atoms with Gasteiger partial charge < -0.3 is 10.2 Å². The molecular weight excluding hydrogens is 226 g/mol. The maximum absolute atomic E-state index is 12.2. The van der Waals surface area contributed by atoms with Crippen molar-refractivity contribution in [1.82, 2.24) is 15.1 Å². The number of carbonyl (C=O) groups excluding carboxylic acids is 1. The van der Waals surface area contributed by atoms with E-state index in [-0.39, 0.29) is 5.91 Å². The Morgan fingerprint density at radius 2 is 1.78 bits per heavy atom. The molecule has 1 saturated heterocycles. The van der Waals surface area contributed by atoms with Gasteiger partial charge in [-0.15, -0.1) is 13.2 Å². The van der Waals surface area contributed by atoms with Gasteiger partial charge in [0.15, 0.2) is 0 Å². The first-order valence-corrected chi connectivity index (χ1v) is 6.54. The smallest absolute Gasteiger partial charge is 0.237 e. The Morgan fingerprint density at radius 1 is 1.28 bits per heavy atom. The number of carbonyl (C=O) groups is 1. The molecule has 1 heterocycles. The van der Waals surface area contributed by atoms with Gasteiger partial charge in [-0.3, -0.25) is 9.69 Å². The highest BCUT2D eigenvalue weighted by atomic mass is 16.2. The van der Waals surface area contributed by atoms with Gasteiger partial charge in [0.2, 0.25) is 5.91 Å². The van der Waals surface area contributed by atoms with Gasteiger partial charge in [-0.05, 0) is 13.8 Å². The molecule has 2 atom stereocenters. The molecular formula is C14H25N3O.